The lowest BCUT2D eigenvalue weighted by atomic mass is 9.93. The van der Waals surface area contributed by atoms with Crippen LogP contribution >= 0.6 is 0 Å². The van der Waals surface area contributed by atoms with Crippen LogP contribution in [-0.2, 0) is 19.1 Å². The Bertz CT molecular complexity index is 267. The summed E-state index contributed by atoms with van der Waals surface area (Å²) in [5, 5.41) is 0. The van der Waals surface area contributed by atoms with Crippen molar-refractivity contribution in [2.75, 3.05) is 13.2 Å². The molecule has 0 heterocycles. The lowest BCUT2D eigenvalue weighted by Gasteiger charge is -2.27. The highest BCUT2D eigenvalue weighted by Crippen LogP contribution is 2.35. The molecule has 0 amide bonds. The molecule has 1 saturated carbocycles. The molecule has 0 saturated heterocycles. The Balaban J connectivity index is 2.46. The van der Waals surface area contributed by atoms with E-state index >= 15 is 0 Å². The van der Waals surface area contributed by atoms with Crippen LogP contribution in [0, 0.1) is 0 Å². The Morgan fingerprint density at radius 3 is 2.24 bits per heavy atom. The van der Waals surface area contributed by atoms with Gasteiger partial charge in [-0.25, -0.2) is 0 Å². The number of rotatable bonds is 7. The van der Waals surface area contributed by atoms with Crippen molar-refractivity contribution in [3.8, 4) is 0 Å². The Morgan fingerprint density at radius 1 is 1.06 bits per heavy atom. The fourth-order valence-corrected chi connectivity index (χ4v) is 2.40. The monoisotopic (exact) mass is 242 g/mol. The third-order valence-corrected chi connectivity index (χ3v) is 3.20. The molecule has 1 aliphatic carbocycles. The molecule has 4 nitrogen and oxygen atoms in total. The summed E-state index contributed by atoms with van der Waals surface area (Å²) in [6.07, 6.45) is 4.06. The van der Waals surface area contributed by atoms with Gasteiger partial charge in [0.2, 0.25) is 0 Å². The Hall–Kier alpha value is -0.900. The van der Waals surface area contributed by atoms with Gasteiger partial charge in [-0.05, 0) is 39.5 Å². The summed E-state index contributed by atoms with van der Waals surface area (Å²) in [5.74, 6) is -0.240. The van der Waals surface area contributed by atoms with E-state index < -0.39 is 5.60 Å². The van der Waals surface area contributed by atoms with Crippen molar-refractivity contribution < 1.29 is 19.1 Å². The number of esters is 1. The number of hydrogen-bond acceptors (Lipinski definition) is 4. The van der Waals surface area contributed by atoms with Crippen molar-refractivity contribution in [2.24, 2.45) is 0 Å². The van der Waals surface area contributed by atoms with E-state index in [0.717, 1.165) is 25.7 Å². The Kier molecular flexibility index (Phi) is 5.62. The first-order valence-electron chi connectivity index (χ1n) is 6.47. The molecule has 0 N–H and O–H groups in total. The fourth-order valence-electron chi connectivity index (χ4n) is 2.40. The van der Waals surface area contributed by atoms with E-state index in [4.69, 9.17) is 9.47 Å². The molecule has 0 atom stereocenters. The maximum absolute atomic E-state index is 12.1. The van der Waals surface area contributed by atoms with Crippen LogP contribution < -0.4 is 0 Å². The van der Waals surface area contributed by atoms with Gasteiger partial charge >= 0.3 is 5.97 Å². The van der Waals surface area contributed by atoms with Crippen LogP contribution in [0.5, 0.6) is 0 Å². The second-order valence-electron chi connectivity index (χ2n) is 4.36. The third-order valence-electron chi connectivity index (χ3n) is 3.20. The number of carbonyl (C=O) groups excluding carboxylic acids is 2. The van der Waals surface area contributed by atoms with E-state index in [9.17, 15) is 9.59 Å². The van der Waals surface area contributed by atoms with Gasteiger partial charge in [0.25, 0.3) is 0 Å². The molecule has 1 rings (SSSR count). The topological polar surface area (TPSA) is 52.6 Å². The number of ketones is 1. The van der Waals surface area contributed by atoms with Gasteiger partial charge in [0.15, 0.2) is 5.78 Å². The minimum atomic E-state index is -0.610. The predicted octanol–water partition coefficient (Wildman–Crippen LogP) is 2.25. The molecule has 98 valence electrons. The first-order chi connectivity index (χ1) is 8.14. The lowest BCUT2D eigenvalue weighted by Crippen LogP contribution is -2.39. The molecule has 0 bridgehead atoms. The maximum atomic E-state index is 12.1. The molecule has 1 aliphatic rings. The van der Waals surface area contributed by atoms with Crippen molar-refractivity contribution in [3.05, 3.63) is 0 Å². The normalized spacial score (nSPS) is 18.0. The molecule has 0 aliphatic heterocycles. The lowest BCUT2D eigenvalue weighted by molar-refractivity contribution is -0.149. The van der Waals surface area contributed by atoms with E-state index in [1.807, 2.05) is 6.92 Å². The van der Waals surface area contributed by atoms with Gasteiger partial charge in [0.05, 0.1) is 13.0 Å². The highest BCUT2D eigenvalue weighted by molar-refractivity contribution is 5.90. The van der Waals surface area contributed by atoms with Gasteiger partial charge in [-0.15, -0.1) is 0 Å². The molecule has 0 aromatic rings. The van der Waals surface area contributed by atoms with Gasteiger partial charge in [0, 0.05) is 13.0 Å². The van der Waals surface area contributed by atoms with Crippen molar-refractivity contribution in [1.29, 1.82) is 0 Å². The summed E-state index contributed by atoms with van der Waals surface area (Å²) < 4.78 is 10.5. The second-order valence-corrected chi connectivity index (χ2v) is 4.36. The molecule has 17 heavy (non-hydrogen) atoms. The highest BCUT2D eigenvalue weighted by Gasteiger charge is 2.41. The van der Waals surface area contributed by atoms with Crippen LogP contribution in [0.15, 0.2) is 0 Å². The van der Waals surface area contributed by atoms with Crippen LogP contribution in [0.3, 0.4) is 0 Å². The first-order valence-corrected chi connectivity index (χ1v) is 6.47. The van der Waals surface area contributed by atoms with Crippen molar-refractivity contribution in [3.63, 3.8) is 0 Å². The quantitative estimate of drug-likeness (QED) is 0.642. The fraction of sp³-hybridized carbons (Fsp3) is 0.846. The summed E-state index contributed by atoms with van der Waals surface area (Å²) in [6.45, 7) is 4.58. The summed E-state index contributed by atoms with van der Waals surface area (Å²) in [6, 6.07) is 0. The Morgan fingerprint density at radius 2 is 1.71 bits per heavy atom. The first kappa shape index (κ1) is 14.2. The van der Waals surface area contributed by atoms with E-state index in [1.54, 1.807) is 6.92 Å². The van der Waals surface area contributed by atoms with Crippen LogP contribution in [-0.4, -0.2) is 30.6 Å². The summed E-state index contributed by atoms with van der Waals surface area (Å²) in [5.41, 5.74) is -0.610. The number of Topliss-reactive ketones (excluding diaryl/α,β-unsaturated/α-hetero) is 1. The summed E-state index contributed by atoms with van der Waals surface area (Å²) >= 11 is 0. The van der Waals surface area contributed by atoms with Gasteiger partial charge in [0.1, 0.15) is 5.60 Å². The zero-order valence-electron chi connectivity index (χ0n) is 10.8. The van der Waals surface area contributed by atoms with E-state index in [2.05, 4.69) is 0 Å². The van der Waals surface area contributed by atoms with E-state index in [-0.39, 0.29) is 24.6 Å². The molecule has 1 fully saturated rings. The standard InChI is InChI=1S/C13H22O4/c1-3-16-12(15)8-7-11(14)13(17-4-2)9-5-6-10-13/h3-10H2,1-2H3. The molecule has 0 spiro atoms. The maximum Gasteiger partial charge on any atom is 0.306 e. The number of ether oxygens (including phenoxy) is 2. The molecular formula is C13H22O4. The zero-order chi connectivity index (χ0) is 12.7. The minimum Gasteiger partial charge on any atom is -0.466 e. The van der Waals surface area contributed by atoms with Gasteiger partial charge in [-0.1, -0.05) is 0 Å². The molecule has 0 aromatic carbocycles. The van der Waals surface area contributed by atoms with Crippen molar-refractivity contribution >= 4 is 11.8 Å². The summed E-state index contributed by atoms with van der Waals surface area (Å²) in [4.78, 5) is 23.3. The van der Waals surface area contributed by atoms with Crippen LogP contribution in [0.25, 0.3) is 0 Å². The Labute approximate surface area is 103 Å². The van der Waals surface area contributed by atoms with Crippen molar-refractivity contribution in [1.82, 2.24) is 0 Å². The summed E-state index contributed by atoms with van der Waals surface area (Å²) in [7, 11) is 0. The largest absolute Gasteiger partial charge is 0.466 e. The van der Waals surface area contributed by atoms with E-state index in [1.165, 1.54) is 0 Å². The predicted molar refractivity (Wildman–Crippen MR) is 63.7 cm³/mol. The SMILES string of the molecule is CCOC(=O)CCC(=O)C1(OCC)CCCC1. The van der Waals surface area contributed by atoms with Gasteiger partial charge < -0.3 is 9.47 Å². The van der Waals surface area contributed by atoms with E-state index in [0.29, 0.717) is 13.2 Å². The number of carbonyl (C=O) groups is 2. The van der Waals surface area contributed by atoms with Crippen molar-refractivity contribution in [2.45, 2.75) is 58.0 Å². The average molecular weight is 242 g/mol. The molecular weight excluding hydrogens is 220 g/mol. The molecule has 4 heteroatoms. The van der Waals surface area contributed by atoms with Gasteiger partial charge in [-0.2, -0.15) is 0 Å². The second kappa shape index (κ2) is 6.74. The molecule has 0 radical (unpaired) electrons. The van der Waals surface area contributed by atoms with Crippen LogP contribution in [0.4, 0.5) is 0 Å². The zero-order valence-corrected chi connectivity index (χ0v) is 10.8. The molecule has 0 unspecified atom stereocenters. The highest BCUT2D eigenvalue weighted by atomic mass is 16.5. The average Bonchev–Trinajstić information content (AvgIpc) is 2.77. The third kappa shape index (κ3) is 3.80. The smallest absolute Gasteiger partial charge is 0.306 e. The van der Waals surface area contributed by atoms with Crippen LogP contribution in [0.2, 0.25) is 0 Å². The molecule has 0 aromatic heterocycles. The van der Waals surface area contributed by atoms with Gasteiger partial charge in [-0.3, -0.25) is 9.59 Å². The number of hydrogen-bond donors (Lipinski definition) is 0. The minimum absolute atomic E-state index is 0.0601. The van der Waals surface area contributed by atoms with Crippen LogP contribution in [0.1, 0.15) is 52.4 Å².